The van der Waals surface area contributed by atoms with E-state index in [2.05, 4.69) is 58.6 Å². The Balaban J connectivity index is 1.98. The number of hydrogen-bond donors (Lipinski definition) is 1. The van der Waals surface area contributed by atoms with Gasteiger partial charge in [0.1, 0.15) is 5.75 Å². The summed E-state index contributed by atoms with van der Waals surface area (Å²) in [6, 6.07) is 8.15. The largest absolute Gasteiger partial charge is 0.424 e. The maximum absolute atomic E-state index is 5.61. The van der Waals surface area contributed by atoms with Gasteiger partial charge in [-0.05, 0) is 61.6 Å². The molecular weight excluding hydrogens is 365 g/mol. The molecule has 0 bridgehead atoms. The third-order valence-corrected chi connectivity index (χ3v) is 3.18. The predicted molar refractivity (Wildman–Crippen MR) is 87.9 cm³/mol. The average molecular weight is 383 g/mol. The van der Waals surface area contributed by atoms with E-state index in [1.807, 2.05) is 24.3 Å². The topological polar surface area (TPSA) is 47.0 Å². The number of nitrogens with zero attached hydrogens (tertiary/aromatic N) is 2. The maximum atomic E-state index is 5.61. The summed E-state index contributed by atoms with van der Waals surface area (Å²) in [5.41, 5.74) is 1.12. The van der Waals surface area contributed by atoms with Crippen molar-refractivity contribution < 1.29 is 4.74 Å². The lowest BCUT2D eigenvalue weighted by molar-refractivity contribution is 0.419. The van der Waals surface area contributed by atoms with E-state index in [4.69, 9.17) is 4.74 Å². The molecule has 1 aromatic carbocycles. The van der Waals surface area contributed by atoms with Crippen LogP contribution in [0.5, 0.6) is 11.8 Å². The highest BCUT2D eigenvalue weighted by Crippen LogP contribution is 2.19. The quantitative estimate of drug-likeness (QED) is 0.817. The van der Waals surface area contributed by atoms with E-state index in [0.29, 0.717) is 6.01 Å². The van der Waals surface area contributed by atoms with Crippen molar-refractivity contribution in [1.29, 1.82) is 0 Å². The first kappa shape index (κ1) is 15.2. The molecule has 5 heteroatoms. The summed E-state index contributed by atoms with van der Waals surface area (Å²) < 4.78 is 6.73. The highest BCUT2D eigenvalue weighted by molar-refractivity contribution is 14.1. The van der Waals surface area contributed by atoms with E-state index in [0.717, 1.165) is 21.4 Å². The van der Waals surface area contributed by atoms with Gasteiger partial charge in [0, 0.05) is 33.6 Å². The van der Waals surface area contributed by atoms with E-state index in [1.165, 1.54) is 0 Å². The predicted octanol–water partition coefficient (Wildman–Crippen LogP) is 3.76. The van der Waals surface area contributed by atoms with Gasteiger partial charge in [0.2, 0.25) is 0 Å². The third-order valence-electron chi connectivity index (χ3n) is 2.51. The Morgan fingerprint density at radius 2 is 1.90 bits per heavy atom. The number of rotatable bonds is 4. The summed E-state index contributed by atoms with van der Waals surface area (Å²) in [4.78, 5) is 8.46. The van der Waals surface area contributed by atoms with Crippen LogP contribution < -0.4 is 10.1 Å². The molecule has 4 nitrogen and oxygen atoms in total. The minimum absolute atomic E-state index is 0.0793. The van der Waals surface area contributed by atoms with Crippen molar-refractivity contribution in [2.75, 3.05) is 0 Å². The first-order valence-electron chi connectivity index (χ1n) is 6.42. The SMILES string of the molecule is CC(C)(C)NCc1cnc(Oc2cccc(I)c2)nc1. The Bertz CT molecular complexity index is 564. The second-order valence-electron chi connectivity index (χ2n) is 5.54. The minimum Gasteiger partial charge on any atom is -0.424 e. The van der Waals surface area contributed by atoms with E-state index >= 15 is 0 Å². The minimum atomic E-state index is 0.0793. The second kappa shape index (κ2) is 6.49. The lowest BCUT2D eigenvalue weighted by Gasteiger charge is -2.20. The van der Waals surface area contributed by atoms with Crippen LogP contribution >= 0.6 is 22.6 Å². The molecule has 0 aliphatic rings. The van der Waals surface area contributed by atoms with Crippen LogP contribution in [0.15, 0.2) is 36.7 Å². The van der Waals surface area contributed by atoms with E-state index in [1.54, 1.807) is 12.4 Å². The Kier molecular flexibility index (Phi) is 4.93. The highest BCUT2D eigenvalue weighted by atomic mass is 127. The van der Waals surface area contributed by atoms with Gasteiger partial charge >= 0.3 is 6.01 Å². The maximum Gasteiger partial charge on any atom is 0.321 e. The molecule has 0 radical (unpaired) electrons. The summed E-state index contributed by atoms with van der Waals surface area (Å²) in [5.74, 6) is 0.748. The van der Waals surface area contributed by atoms with Crippen LogP contribution in [-0.4, -0.2) is 15.5 Å². The van der Waals surface area contributed by atoms with Crippen LogP contribution in [0.3, 0.4) is 0 Å². The molecule has 1 heterocycles. The molecule has 0 saturated heterocycles. The Morgan fingerprint density at radius 1 is 1.20 bits per heavy atom. The molecule has 0 spiro atoms. The molecule has 0 fully saturated rings. The molecule has 0 saturated carbocycles. The number of ether oxygens (including phenoxy) is 1. The summed E-state index contributed by atoms with van der Waals surface area (Å²) in [5, 5.41) is 3.39. The van der Waals surface area contributed by atoms with Crippen molar-refractivity contribution in [3.05, 3.63) is 45.8 Å². The average Bonchev–Trinajstić information content (AvgIpc) is 2.37. The molecule has 0 amide bonds. The van der Waals surface area contributed by atoms with Gasteiger partial charge in [0.05, 0.1) is 0 Å². The molecule has 0 unspecified atom stereocenters. The summed E-state index contributed by atoms with van der Waals surface area (Å²) >= 11 is 2.24. The van der Waals surface area contributed by atoms with Crippen LogP contribution in [0.1, 0.15) is 26.3 Å². The lowest BCUT2D eigenvalue weighted by atomic mass is 10.1. The molecule has 2 aromatic rings. The fourth-order valence-electron chi connectivity index (χ4n) is 1.49. The van der Waals surface area contributed by atoms with Crippen LogP contribution in [0.2, 0.25) is 0 Å². The zero-order valence-corrected chi connectivity index (χ0v) is 14.0. The van der Waals surface area contributed by atoms with Gasteiger partial charge in [-0.3, -0.25) is 0 Å². The molecule has 2 rings (SSSR count). The van der Waals surface area contributed by atoms with Crippen LogP contribution in [-0.2, 0) is 6.54 Å². The van der Waals surface area contributed by atoms with Crippen LogP contribution in [0.4, 0.5) is 0 Å². The molecule has 0 aliphatic carbocycles. The summed E-state index contributed by atoms with van der Waals surface area (Å²) in [7, 11) is 0. The molecule has 1 aromatic heterocycles. The first-order valence-corrected chi connectivity index (χ1v) is 7.50. The van der Waals surface area contributed by atoms with Crippen molar-refractivity contribution in [2.24, 2.45) is 0 Å². The fourth-order valence-corrected chi connectivity index (χ4v) is 2.00. The smallest absolute Gasteiger partial charge is 0.321 e. The van der Waals surface area contributed by atoms with Crippen molar-refractivity contribution in [3.63, 3.8) is 0 Å². The van der Waals surface area contributed by atoms with E-state index in [-0.39, 0.29) is 5.54 Å². The molecule has 0 aliphatic heterocycles. The Hall–Kier alpha value is -1.21. The molecule has 106 valence electrons. The van der Waals surface area contributed by atoms with Crippen molar-refractivity contribution in [1.82, 2.24) is 15.3 Å². The van der Waals surface area contributed by atoms with Gasteiger partial charge in [0.25, 0.3) is 0 Å². The van der Waals surface area contributed by atoms with E-state index < -0.39 is 0 Å². The lowest BCUT2D eigenvalue weighted by Crippen LogP contribution is -2.35. The molecule has 1 N–H and O–H groups in total. The van der Waals surface area contributed by atoms with Crippen molar-refractivity contribution >= 4 is 22.6 Å². The van der Waals surface area contributed by atoms with E-state index in [9.17, 15) is 0 Å². The molecule has 0 atom stereocenters. The number of hydrogen-bond acceptors (Lipinski definition) is 4. The zero-order valence-electron chi connectivity index (χ0n) is 11.9. The van der Waals surface area contributed by atoms with Crippen molar-refractivity contribution in [3.8, 4) is 11.8 Å². The standard InChI is InChI=1S/C15H18IN3O/c1-15(2,3)19-10-11-8-17-14(18-9-11)20-13-6-4-5-12(16)7-13/h4-9,19H,10H2,1-3H3. The van der Waals surface area contributed by atoms with Gasteiger partial charge in [-0.25, -0.2) is 9.97 Å². The molecular formula is C15H18IN3O. The Labute approximate surface area is 133 Å². The van der Waals surface area contributed by atoms with Gasteiger partial charge in [-0.15, -0.1) is 0 Å². The van der Waals surface area contributed by atoms with Crippen LogP contribution in [0.25, 0.3) is 0 Å². The third kappa shape index (κ3) is 5.05. The van der Waals surface area contributed by atoms with Gasteiger partial charge in [-0.2, -0.15) is 0 Å². The zero-order chi connectivity index (χ0) is 14.6. The summed E-state index contributed by atoms with van der Waals surface area (Å²) in [6.07, 6.45) is 3.57. The first-order chi connectivity index (χ1) is 9.42. The van der Waals surface area contributed by atoms with Gasteiger partial charge in [-0.1, -0.05) is 6.07 Å². The fraction of sp³-hybridized carbons (Fsp3) is 0.333. The number of nitrogens with one attached hydrogen (secondary N) is 1. The van der Waals surface area contributed by atoms with Gasteiger partial charge in [0.15, 0.2) is 0 Å². The molecule has 20 heavy (non-hydrogen) atoms. The highest BCUT2D eigenvalue weighted by Gasteiger charge is 2.09. The number of halogens is 1. The van der Waals surface area contributed by atoms with Gasteiger partial charge < -0.3 is 10.1 Å². The number of aromatic nitrogens is 2. The van der Waals surface area contributed by atoms with Crippen LogP contribution in [0, 0.1) is 3.57 Å². The second-order valence-corrected chi connectivity index (χ2v) is 6.78. The summed E-state index contributed by atoms with van der Waals surface area (Å²) in [6.45, 7) is 7.13. The Morgan fingerprint density at radius 3 is 2.50 bits per heavy atom. The monoisotopic (exact) mass is 383 g/mol. The normalized spacial score (nSPS) is 11.4. The van der Waals surface area contributed by atoms with Crippen molar-refractivity contribution in [2.45, 2.75) is 32.9 Å². The number of benzene rings is 1.